The van der Waals surface area contributed by atoms with E-state index in [1.54, 1.807) is 48.4 Å². The van der Waals surface area contributed by atoms with E-state index >= 15 is 0 Å². The van der Waals surface area contributed by atoms with E-state index in [9.17, 15) is 0 Å². The first-order valence-electron chi connectivity index (χ1n) is 13.0. The van der Waals surface area contributed by atoms with Gasteiger partial charge in [0, 0.05) is 59.7 Å². The largest absolute Gasteiger partial charge is 0.363 e. The Balaban J connectivity index is 1.65. The van der Waals surface area contributed by atoms with Crippen LogP contribution in [0.15, 0.2) is 115 Å². The standard InChI is InChI=1S/C28H22N12S2/c1-2-10-29-20(6-1)27(22-8-4-18-41-22)28(21-7-3-11-30-21,24-31-15-16-32-24)38(25-33-12-5-13-34-25)40(23-9-14-36-37-23)39(27)26-35-17-19-42-26/h1-19,30H,(H,31,32)(H,36,37). The number of H-pyrrole nitrogens is 3. The minimum atomic E-state index is -1.21. The number of imidazole rings is 1. The summed E-state index contributed by atoms with van der Waals surface area (Å²) in [5.74, 6) is 1.73. The zero-order valence-corrected chi connectivity index (χ0v) is 23.4. The van der Waals surface area contributed by atoms with Crippen LogP contribution in [0, 0.1) is 0 Å². The van der Waals surface area contributed by atoms with Gasteiger partial charge in [-0.25, -0.2) is 30.0 Å². The predicted molar refractivity (Wildman–Crippen MR) is 160 cm³/mol. The minimum absolute atomic E-state index is 0.425. The Labute approximate surface area is 247 Å². The molecule has 14 heteroatoms. The van der Waals surface area contributed by atoms with E-state index < -0.39 is 11.1 Å². The van der Waals surface area contributed by atoms with E-state index in [0.717, 1.165) is 16.3 Å². The van der Waals surface area contributed by atoms with Gasteiger partial charge in [0.15, 0.2) is 16.9 Å². The van der Waals surface area contributed by atoms with Crippen molar-refractivity contribution in [2.24, 2.45) is 0 Å². The van der Waals surface area contributed by atoms with Gasteiger partial charge >= 0.3 is 0 Å². The summed E-state index contributed by atoms with van der Waals surface area (Å²) in [7, 11) is 0. The topological polar surface area (TPSA) is 134 Å². The van der Waals surface area contributed by atoms with Gasteiger partial charge in [-0.3, -0.25) is 10.1 Å². The van der Waals surface area contributed by atoms with Crippen LogP contribution in [0.25, 0.3) is 0 Å². The molecule has 0 aromatic carbocycles. The summed E-state index contributed by atoms with van der Waals surface area (Å²) < 4.78 is 0. The number of aromatic amines is 3. The quantitative estimate of drug-likeness (QED) is 0.241. The number of nitrogens with one attached hydrogen (secondary N) is 3. The molecule has 0 radical (unpaired) electrons. The molecule has 0 amide bonds. The minimum Gasteiger partial charge on any atom is -0.363 e. The summed E-state index contributed by atoms with van der Waals surface area (Å²) in [5, 5.41) is 18.5. The average molecular weight is 591 g/mol. The molecule has 206 valence electrons. The molecule has 7 aromatic rings. The van der Waals surface area contributed by atoms with Gasteiger partial charge in [0.05, 0.1) is 17.6 Å². The SMILES string of the molecule is c1ccc(C2(c3cccs3)N(c3nccs3)N(c3ccn[nH]3)N(c3ncccn3)C2(c2ccc[nH]2)c2ncc[nH]2)nc1. The maximum Gasteiger partial charge on any atom is 0.247 e. The fourth-order valence-electron chi connectivity index (χ4n) is 5.93. The molecule has 1 fully saturated rings. The third-order valence-electron chi connectivity index (χ3n) is 7.32. The van der Waals surface area contributed by atoms with Gasteiger partial charge in [-0.05, 0) is 41.8 Å². The molecule has 0 aliphatic carbocycles. The lowest BCUT2D eigenvalue weighted by Gasteiger charge is -2.45. The second-order valence-corrected chi connectivity index (χ2v) is 11.2. The van der Waals surface area contributed by atoms with E-state index in [1.807, 2.05) is 64.4 Å². The Morgan fingerprint density at radius 2 is 1.57 bits per heavy atom. The summed E-state index contributed by atoms with van der Waals surface area (Å²) in [5.41, 5.74) is -0.755. The molecule has 2 atom stereocenters. The van der Waals surface area contributed by atoms with Crippen molar-refractivity contribution >= 4 is 39.6 Å². The smallest absolute Gasteiger partial charge is 0.247 e. The lowest BCUT2D eigenvalue weighted by atomic mass is 9.69. The van der Waals surface area contributed by atoms with Crippen LogP contribution in [0.4, 0.5) is 16.9 Å². The number of pyridine rings is 1. The highest BCUT2D eigenvalue weighted by molar-refractivity contribution is 7.13. The summed E-state index contributed by atoms with van der Waals surface area (Å²) >= 11 is 3.14. The summed E-state index contributed by atoms with van der Waals surface area (Å²) in [4.78, 5) is 32.6. The maximum atomic E-state index is 5.07. The van der Waals surface area contributed by atoms with Crippen molar-refractivity contribution in [3.63, 3.8) is 0 Å². The van der Waals surface area contributed by atoms with E-state index in [-0.39, 0.29) is 0 Å². The highest BCUT2D eigenvalue weighted by Crippen LogP contribution is 2.63. The Bertz CT molecular complexity index is 1810. The number of thiazole rings is 1. The van der Waals surface area contributed by atoms with Crippen LogP contribution in [0.3, 0.4) is 0 Å². The molecule has 2 unspecified atom stereocenters. The first-order valence-corrected chi connectivity index (χ1v) is 14.8. The van der Waals surface area contributed by atoms with Gasteiger partial charge in [-0.2, -0.15) is 10.2 Å². The Morgan fingerprint density at radius 3 is 2.24 bits per heavy atom. The van der Waals surface area contributed by atoms with Crippen molar-refractivity contribution in [3.05, 3.63) is 137 Å². The van der Waals surface area contributed by atoms with Gasteiger partial charge in [0.1, 0.15) is 5.82 Å². The van der Waals surface area contributed by atoms with Crippen molar-refractivity contribution in [1.82, 2.24) is 45.1 Å². The molecule has 8 heterocycles. The molecule has 7 aromatic heterocycles. The van der Waals surface area contributed by atoms with Crippen LogP contribution in [0.5, 0.6) is 0 Å². The number of aromatic nitrogens is 9. The van der Waals surface area contributed by atoms with Crippen molar-refractivity contribution in [2.75, 3.05) is 15.1 Å². The Morgan fingerprint density at radius 1 is 0.643 bits per heavy atom. The van der Waals surface area contributed by atoms with Crippen LogP contribution in [0.1, 0.15) is 22.1 Å². The molecular weight excluding hydrogens is 569 g/mol. The maximum absolute atomic E-state index is 5.07. The monoisotopic (exact) mass is 590 g/mol. The van der Waals surface area contributed by atoms with Crippen LogP contribution < -0.4 is 15.1 Å². The third-order valence-corrected chi connectivity index (χ3v) is 9.05. The lowest BCUT2D eigenvalue weighted by molar-refractivity contribution is 0.334. The van der Waals surface area contributed by atoms with Gasteiger partial charge in [0.25, 0.3) is 0 Å². The highest BCUT2D eigenvalue weighted by atomic mass is 32.1. The fourth-order valence-corrected chi connectivity index (χ4v) is 7.58. The molecule has 12 nitrogen and oxygen atoms in total. The number of hydrogen-bond donors (Lipinski definition) is 3. The first-order chi connectivity index (χ1) is 20.9. The van der Waals surface area contributed by atoms with Crippen molar-refractivity contribution in [3.8, 4) is 0 Å². The number of hydrogen-bond acceptors (Lipinski definition) is 11. The molecule has 3 N–H and O–H groups in total. The molecule has 1 aliphatic heterocycles. The number of hydrazine groups is 2. The highest BCUT2D eigenvalue weighted by Gasteiger charge is 2.75. The zero-order valence-electron chi connectivity index (χ0n) is 21.8. The van der Waals surface area contributed by atoms with Crippen LogP contribution >= 0.6 is 22.7 Å². The molecule has 1 aliphatic rings. The Kier molecular flexibility index (Phi) is 5.61. The van der Waals surface area contributed by atoms with Gasteiger partial charge in [-0.15, -0.1) is 22.7 Å². The molecule has 0 spiro atoms. The summed E-state index contributed by atoms with van der Waals surface area (Å²) in [6.07, 6.45) is 14.3. The van der Waals surface area contributed by atoms with Crippen LogP contribution in [-0.4, -0.2) is 45.1 Å². The van der Waals surface area contributed by atoms with E-state index in [0.29, 0.717) is 22.7 Å². The number of thiophene rings is 1. The average Bonchev–Trinajstić information content (AvgIpc) is 3.89. The van der Waals surface area contributed by atoms with Crippen LogP contribution in [-0.2, 0) is 11.1 Å². The van der Waals surface area contributed by atoms with Gasteiger partial charge < -0.3 is 9.97 Å². The second kappa shape index (κ2) is 9.64. The van der Waals surface area contributed by atoms with Crippen molar-refractivity contribution in [2.45, 2.75) is 11.1 Å². The predicted octanol–water partition coefficient (Wildman–Crippen LogP) is 4.71. The Hall–Kier alpha value is -5.34. The number of rotatable bonds is 7. The first kappa shape index (κ1) is 24.5. The van der Waals surface area contributed by atoms with E-state index in [4.69, 9.17) is 24.9 Å². The number of nitrogens with zero attached hydrogens (tertiary/aromatic N) is 9. The second-order valence-electron chi connectivity index (χ2n) is 9.35. The zero-order chi connectivity index (χ0) is 28.0. The third kappa shape index (κ3) is 3.21. The fraction of sp³-hybridized carbons (Fsp3) is 0.0714. The van der Waals surface area contributed by atoms with E-state index in [2.05, 4.69) is 48.8 Å². The van der Waals surface area contributed by atoms with Crippen LogP contribution in [0.2, 0.25) is 0 Å². The van der Waals surface area contributed by atoms with E-state index in [1.165, 1.54) is 11.3 Å². The molecule has 0 saturated carbocycles. The molecule has 0 bridgehead atoms. The molecule has 42 heavy (non-hydrogen) atoms. The summed E-state index contributed by atoms with van der Waals surface area (Å²) in [6, 6.07) is 17.9. The van der Waals surface area contributed by atoms with Crippen molar-refractivity contribution < 1.29 is 0 Å². The molecule has 1 saturated heterocycles. The van der Waals surface area contributed by atoms with Gasteiger partial charge in [-0.1, -0.05) is 12.1 Å². The molecular formula is C28H22N12S2. The lowest BCUT2D eigenvalue weighted by Crippen LogP contribution is -2.60. The van der Waals surface area contributed by atoms with Gasteiger partial charge in [0.2, 0.25) is 11.1 Å². The molecule has 8 rings (SSSR count). The summed E-state index contributed by atoms with van der Waals surface area (Å²) in [6.45, 7) is 0. The van der Waals surface area contributed by atoms with Crippen molar-refractivity contribution in [1.29, 1.82) is 0 Å². The normalized spacial score (nSPS) is 20.4. The number of anilines is 3.